The van der Waals surface area contributed by atoms with Gasteiger partial charge in [0.25, 0.3) is 0 Å². The molecule has 0 bridgehead atoms. The number of aromatic hydroxyl groups is 1. The summed E-state index contributed by atoms with van der Waals surface area (Å²) in [6.45, 7) is 0. The zero-order valence-electron chi connectivity index (χ0n) is 15.2. The van der Waals surface area contributed by atoms with E-state index in [-0.39, 0.29) is 5.25 Å². The zero-order valence-corrected chi connectivity index (χ0v) is 16.1. The van der Waals surface area contributed by atoms with Crippen LogP contribution in [0.2, 0.25) is 0 Å². The van der Waals surface area contributed by atoms with Crippen LogP contribution in [0.1, 0.15) is 22.8 Å². The first-order valence-electron chi connectivity index (χ1n) is 9.39. The van der Waals surface area contributed by atoms with Crippen molar-refractivity contribution in [3.05, 3.63) is 102 Å². The van der Waals surface area contributed by atoms with E-state index in [9.17, 15) is 5.11 Å². The lowest BCUT2D eigenvalue weighted by atomic mass is 9.96. The first-order chi connectivity index (χ1) is 13.8. The molecule has 1 atom stereocenters. The molecule has 1 heterocycles. The summed E-state index contributed by atoms with van der Waals surface area (Å²) in [7, 11) is 0. The highest BCUT2D eigenvalue weighted by Crippen LogP contribution is 2.49. The van der Waals surface area contributed by atoms with Gasteiger partial charge in [0.05, 0.1) is 5.69 Å². The van der Waals surface area contributed by atoms with Gasteiger partial charge in [0, 0.05) is 27.8 Å². The summed E-state index contributed by atoms with van der Waals surface area (Å²) in [5.74, 6) is 0.350. The first-order valence-corrected chi connectivity index (χ1v) is 10.3. The molecular weight excluding hydrogens is 362 g/mol. The molecule has 2 nitrogen and oxygen atoms in total. The number of phenols is 1. The van der Waals surface area contributed by atoms with Crippen LogP contribution in [-0.4, -0.2) is 10.8 Å². The quantitative estimate of drug-likeness (QED) is 0.409. The number of hydrogen-bond acceptors (Lipinski definition) is 3. The number of phenolic OH excluding ortho intramolecular Hbond substituents is 1. The molecule has 0 saturated heterocycles. The lowest BCUT2D eigenvalue weighted by molar-refractivity contribution is 0.469. The Morgan fingerprint density at radius 2 is 1.54 bits per heavy atom. The van der Waals surface area contributed by atoms with Crippen molar-refractivity contribution in [2.45, 2.75) is 16.6 Å². The molecular formula is C25H19NOS. The third-order valence-electron chi connectivity index (χ3n) is 5.15. The van der Waals surface area contributed by atoms with Crippen molar-refractivity contribution in [3.63, 3.8) is 0 Å². The van der Waals surface area contributed by atoms with Crippen molar-refractivity contribution < 1.29 is 5.11 Å². The molecule has 1 N–H and O–H groups in total. The van der Waals surface area contributed by atoms with Crippen molar-refractivity contribution in [1.29, 1.82) is 0 Å². The Hall–Kier alpha value is -3.04. The Morgan fingerprint density at radius 1 is 0.786 bits per heavy atom. The second-order valence-corrected chi connectivity index (χ2v) is 8.17. The average Bonchev–Trinajstić information content (AvgIpc) is 2.94. The number of benzene rings is 4. The van der Waals surface area contributed by atoms with E-state index in [2.05, 4.69) is 42.5 Å². The van der Waals surface area contributed by atoms with Gasteiger partial charge in [-0.15, -0.1) is 11.8 Å². The lowest BCUT2D eigenvalue weighted by Gasteiger charge is -2.19. The summed E-state index contributed by atoms with van der Waals surface area (Å²) >= 11 is 1.78. The normalized spacial score (nSPS) is 16.3. The number of aliphatic imine (C=N–C) groups is 1. The van der Waals surface area contributed by atoms with Crippen LogP contribution >= 0.6 is 11.8 Å². The maximum absolute atomic E-state index is 10.8. The molecule has 1 aliphatic heterocycles. The topological polar surface area (TPSA) is 32.6 Å². The Balaban J connectivity index is 1.70. The number of nitrogens with zero attached hydrogens (tertiary/aromatic N) is 1. The largest absolute Gasteiger partial charge is 0.508 e. The van der Waals surface area contributed by atoms with Gasteiger partial charge in [0.15, 0.2) is 0 Å². The Kier molecular flexibility index (Phi) is 4.38. The Labute approximate surface area is 168 Å². The van der Waals surface area contributed by atoms with E-state index in [1.165, 1.54) is 0 Å². The minimum atomic E-state index is 0.0775. The fourth-order valence-electron chi connectivity index (χ4n) is 3.81. The average molecular weight is 382 g/mol. The van der Waals surface area contributed by atoms with Gasteiger partial charge in [-0.25, -0.2) is 0 Å². The van der Waals surface area contributed by atoms with Crippen LogP contribution < -0.4 is 0 Å². The molecule has 4 aromatic carbocycles. The minimum Gasteiger partial charge on any atom is -0.508 e. The summed E-state index contributed by atoms with van der Waals surface area (Å²) in [6.07, 6.45) is 0.755. The van der Waals surface area contributed by atoms with Gasteiger partial charge in [-0.05, 0) is 34.5 Å². The van der Waals surface area contributed by atoms with Gasteiger partial charge in [-0.1, -0.05) is 72.8 Å². The number of hydrogen-bond donors (Lipinski definition) is 1. The minimum absolute atomic E-state index is 0.0775. The smallest absolute Gasteiger partial charge is 0.120 e. The number of thioether (sulfide) groups is 1. The van der Waals surface area contributed by atoms with Crippen molar-refractivity contribution >= 4 is 33.9 Å². The van der Waals surface area contributed by atoms with Crippen molar-refractivity contribution in [2.24, 2.45) is 4.99 Å². The van der Waals surface area contributed by atoms with E-state index in [1.807, 2.05) is 48.5 Å². The molecule has 0 saturated carbocycles. The van der Waals surface area contributed by atoms with Crippen LogP contribution in [0.15, 0.2) is 101 Å². The highest BCUT2D eigenvalue weighted by molar-refractivity contribution is 7.99. The van der Waals surface area contributed by atoms with E-state index < -0.39 is 0 Å². The highest BCUT2D eigenvalue weighted by atomic mass is 32.2. The van der Waals surface area contributed by atoms with Crippen LogP contribution in [0.25, 0.3) is 10.8 Å². The van der Waals surface area contributed by atoms with Crippen molar-refractivity contribution in [3.8, 4) is 5.75 Å². The summed E-state index contributed by atoms with van der Waals surface area (Å²) in [5.41, 5.74) is 4.16. The van der Waals surface area contributed by atoms with Crippen LogP contribution in [-0.2, 0) is 0 Å². The number of rotatable bonds is 2. The molecule has 5 rings (SSSR count). The molecule has 0 fully saturated rings. The van der Waals surface area contributed by atoms with Gasteiger partial charge in [0.1, 0.15) is 5.75 Å². The molecule has 0 aromatic heterocycles. The first kappa shape index (κ1) is 17.1. The van der Waals surface area contributed by atoms with Crippen LogP contribution in [0.4, 0.5) is 5.69 Å². The highest BCUT2D eigenvalue weighted by Gasteiger charge is 2.26. The van der Waals surface area contributed by atoms with Crippen LogP contribution in [0.3, 0.4) is 0 Å². The number of para-hydroxylation sites is 1. The molecule has 1 unspecified atom stereocenters. The van der Waals surface area contributed by atoms with Gasteiger partial charge in [0.2, 0.25) is 0 Å². The Morgan fingerprint density at radius 3 is 2.43 bits per heavy atom. The molecule has 0 amide bonds. The predicted octanol–water partition coefficient (Wildman–Crippen LogP) is 6.90. The molecule has 0 aliphatic carbocycles. The molecule has 4 aromatic rings. The fourth-order valence-corrected chi connectivity index (χ4v) is 5.11. The second-order valence-electron chi connectivity index (χ2n) is 6.92. The third-order valence-corrected chi connectivity index (χ3v) is 6.43. The van der Waals surface area contributed by atoms with E-state index >= 15 is 0 Å². The molecule has 3 heteroatoms. The molecule has 0 radical (unpaired) electrons. The van der Waals surface area contributed by atoms with Gasteiger partial charge >= 0.3 is 0 Å². The summed E-state index contributed by atoms with van der Waals surface area (Å²) in [5, 5.41) is 13.1. The van der Waals surface area contributed by atoms with Crippen LogP contribution in [0, 0.1) is 0 Å². The molecule has 136 valence electrons. The summed E-state index contributed by atoms with van der Waals surface area (Å²) < 4.78 is 0. The molecule has 28 heavy (non-hydrogen) atoms. The van der Waals surface area contributed by atoms with Gasteiger partial charge < -0.3 is 5.11 Å². The fraction of sp³-hybridized carbons (Fsp3) is 0.0800. The Bertz CT molecular complexity index is 1180. The summed E-state index contributed by atoms with van der Waals surface area (Å²) in [4.78, 5) is 6.15. The van der Waals surface area contributed by atoms with E-state index in [4.69, 9.17) is 4.99 Å². The van der Waals surface area contributed by atoms with E-state index in [1.54, 1.807) is 11.8 Å². The second kappa shape index (κ2) is 7.17. The van der Waals surface area contributed by atoms with E-state index in [0.29, 0.717) is 5.75 Å². The maximum Gasteiger partial charge on any atom is 0.120 e. The monoisotopic (exact) mass is 381 g/mol. The SMILES string of the molecule is Oc1ccc2ccccc2c1C1CC(c2ccccc2)=Nc2ccccc2S1. The number of fused-ring (bicyclic) bond motifs is 2. The third kappa shape index (κ3) is 3.08. The zero-order chi connectivity index (χ0) is 18.9. The predicted molar refractivity (Wildman–Crippen MR) is 118 cm³/mol. The summed E-state index contributed by atoms with van der Waals surface area (Å²) in [6, 6.07) is 30.7. The maximum atomic E-state index is 10.8. The van der Waals surface area contributed by atoms with Crippen LogP contribution in [0.5, 0.6) is 5.75 Å². The van der Waals surface area contributed by atoms with Gasteiger partial charge in [-0.3, -0.25) is 4.99 Å². The molecule has 0 spiro atoms. The van der Waals surface area contributed by atoms with Crippen molar-refractivity contribution in [1.82, 2.24) is 0 Å². The van der Waals surface area contributed by atoms with E-state index in [0.717, 1.165) is 44.6 Å². The van der Waals surface area contributed by atoms with Gasteiger partial charge in [-0.2, -0.15) is 0 Å². The standard InChI is InChI=1S/C25H19NOS/c27-22-15-14-17-8-4-5-11-19(17)25(22)24-16-21(18-9-2-1-3-10-18)26-20-12-6-7-13-23(20)28-24/h1-15,24,27H,16H2. The van der Waals surface area contributed by atoms with Crippen molar-refractivity contribution in [2.75, 3.05) is 0 Å². The lowest BCUT2D eigenvalue weighted by Crippen LogP contribution is -2.06. The molecule has 1 aliphatic rings.